The molecule has 2 aromatic rings. The van der Waals surface area contributed by atoms with Gasteiger partial charge in [0.2, 0.25) is 5.91 Å². The molecule has 2 fully saturated rings. The molecule has 0 aliphatic carbocycles. The highest BCUT2D eigenvalue weighted by atomic mass is 32.2. The highest BCUT2D eigenvalue weighted by Crippen LogP contribution is 2.36. The van der Waals surface area contributed by atoms with Gasteiger partial charge in [-0.3, -0.25) is 4.79 Å². The summed E-state index contributed by atoms with van der Waals surface area (Å²) >= 11 is 0. The molecule has 0 aromatic heterocycles. The number of rotatable bonds is 8. The van der Waals surface area contributed by atoms with Crippen molar-refractivity contribution in [1.82, 2.24) is 14.5 Å². The quantitative estimate of drug-likeness (QED) is 0.625. The number of hydrogen-bond donors (Lipinski definition) is 1. The maximum absolute atomic E-state index is 13.3. The molecule has 0 bridgehead atoms. The number of benzene rings is 2. The van der Waals surface area contributed by atoms with Gasteiger partial charge in [-0.15, -0.1) is 0 Å². The molecule has 0 spiro atoms. The molecule has 2 aromatic carbocycles. The number of hydrogen-bond acceptors (Lipinski definition) is 4. The number of nitrogens with one attached hydrogen (secondary N) is 1. The van der Waals surface area contributed by atoms with Crippen molar-refractivity contribution >= 4 is 16.9 Å². The fourth-order valence-corrected chi connectivity index (χ4v) is 6.68. The molecule has 34 heavy (non-hydrogen) atoms. The predicted octanol–water partition coefficient (Wildman–Crippen LogP) is 3.41. The molecule has 0 radical (unpaired) electrons. The third-order valence-corrected chi connectivity index (χ3v) is 8.85. The summed E-state index contributed by atoms with van der Waals surface area (Å²) in [5, 5.41) is 3.21. The lowest BCUT2D eigenvalue weighted by atomic mass is 9.73. The maximum Gasteiger partial charge on any atom is 0.230 e. The van der Waals surface area contributed by atoms with Crippen molar-refractivity contribution in [2.24, 2.45) is 0 Å². The van der Waals surface area contributed by atoms with Crippen LogP contribution in [0.1, 0.15) is 47.6 Å². The van der Waals surface area contributed by atoms with Crippen LogP contribution in [0.3, 0.4) is 0 Å². The van der Waals surface area contributed by atoms with Gasteiger partial charge in [0.1, 0.15) is 11.0 Å². The Bertz CT molecular complexity index is 959. The van der Waals surface area contributed by atoms with Crippen molar-refractivity contribution in [2.45, 2.75) is 42.9 Å². The Morgan fingerprint density at radius 2 is 1.82 bits per heavy atom. The molecule has 2 heterocycles. The predicted molar refractivity (Wildman–Crippen MR) is 137 cm³/mol. The van der Waals surface area contributed by atoms with E-state index in [0.717, 1.165) is 42.6 Å². The number of ether oxygens (including phenoxy) is 1. The lowest BCUT2D eigenvalue weighted by Gasteiger charge is -2.36. The Balaban J connectivity index is 1.45. The summed E-state index contributed by atoms with van der Waals surface area (Å²) in [5.74, 6) is 0.0910. The normalized spacial score (nSPS) is 23.0. The number of nitrogens with zero attached hydrogens (tertiary/aromatic N) is 2. The average Bonchev–Trinajstić information content (AvgIpc) is 2.86. The van der Waals surface area contributed by atoms with E-state index >= 15 is 0 Å². The molecule has 7 heteroatoms. The Morgan fingerprint density at radius 1 is 1.12 bits per heavy atom. The average molecular weight is 484 g/mol. The lowest BCUT2D eigenvalue weighted by molar-refractivity contribution is -0.130. The molecule has 2 saturated heterocycles. The van der Waals surface area contributed by atoms with Crippen LogP contribution in [0.4, 0.5) is 0 Å². The van der Waals surface area contributed by atoms with Gasteiger partial charge in [0.15, 0.2) is 0 Å². The Kier molecular flexibility index (Phi) is 8.53. The zero-order valence-electron chi connectivity index (χ0n) is 20.4. The van der Waals surface area contributed by atoms with Crippen molar-refractivity contribution in [3.05, 3.63) is 71.3 Å². The second kappa shape index (κ2) is 11.6. The van der Waals surface area contributed by atoms with E-state index in [0.29, 0.717) is 39.1 Å². The number of carbonyl (C=O) groups excluding carboxylic acids is 1. The van der Waals surface area contributed by atoms with Crippen LogP contribution in [0.15, 0.2) is 54.6 Å². The second-order valence-corrected chi connectivity index (χ2v) is 11.3. The van der Waals surface area contributed by atoms with Gasteiger partial charge >= 0.3 is 0 Å². The van der Waals surface area contributed by atoms with Crippen LogP contribution in [-0.4, -0.2) is 66.3 Å². The van der Waals surface area contributed by atoms with E-state index in [1.165, 1.54) is 0 Å². The minimum Gasteiger partial charge on any atom is -0.381 e. The molecule has 184 valence electrons. The third kappa shape index (κ3) is 5.77. The van der Waals surface area contributed by atoms with E-state index in [1.54, 1.807) is 0 Å². The molecule has 6 nitrogen and oxygen atoms in total. The third-order valence-electron chi connectivity index (χ3n) is 7.03. The molecule has 1 N–H and O–H groups in total. The molecular formula is C27H37N3O3S. The largest absolute Gasteiger partial charge is 0.381 e. The van der Waals surface area contributed by atoms with Gasteiger partial charge in [-0.2, -0.15) is 0 Å². The first-order valence-corrected chi connectivity index (χ1v) is 13.5. The molecule has 0 saturated carbocycles. The van der Waals surface area contributed by atoms with E-state index in [4.69, 9.17) is 4.74 Å². The first-order chi connectivity index (χ1) is 16.5. The molecule has 4 rings (SSSR count). The van der Waals surface area contributed by atoms with Gasteiger partial charge in [-0.25, -0.2) is 8.51 Å². The topological polar surface area (TPSA) is 61.9 Å². The summed E-state index contributed by atoms with van der Waals surface area (Å²) in [4.78, 5) is 15.4. The van der Waals surface area contributed by atoms with Crippen LogP contribution in [0.2, 0.25) is 0 Å². The molecule has 1 amide bonds. The summed E-state index contributed by atoms with van der Waals surface area (Å²) < 4.78 is 21.0. The van der Waals surface area contributed by atoms with Crippen LogP contribution >= 0.6 is 0 Å². The molecule has 1 unspecified atom stereocenters. The van der Waals surface area contributed by atoms with E-state index in [-0.39, 0.29) is 11.2 Å². The van der Waals surface area contributed by atoms with Crippen molar-refractivity contribution in [3.63, 3.8) is 0 Å². The first-order valence-electron chi connectivity index (χ1n) is 12.3. The Hall–Kier alpha value is -2.06. The monoisotopic (exact) mass is 483 g/mol. The Labute approximate surface area is 206 Å². The van der Waals surface area contributed by atoms with Gasteiger partial charge in [-0.1, -0.05) is 54.6 Å². The smallest absolute Gasteiger partial charge is 0.230 e. The fraction of sp³-hybridized carbons (Fsp3) is 0.519. The lowest BCUT2D eigenvalue weighted by Crippen LogP contribution is -2.49. The number of amides is 1. The van der Waals surface area contributed by atoms with E-state index in [1.807, 2.05) is 32.3 Å². The highest BCUT2D eigenvalue weighted by molar-refractivity contribution is 7.82. The van der Waals surface area contributed by atoms with E-state index in [2.05, 4.69) is 50.9 Å². The van der Waals surface area contributed by atoms with Gasteiger partial charge in [0.05, 0.1) is 10.7 Å². The van der Waals surface area contributed by atoms with Crippen LogP contribution in [0.5, 0.6) is 0 Å². The van der Waals surface area contributed by atoms with Crippen LogP contribution < -0.4 is 5.32 Å². The van der Waals surface area contributed by atoms with Crippen molar-refractivity contribution in [1.29, 1.82) is 0 Å². The zero-order chi connectivity index (χ0) is 24.0. The van der Waals surface area contributed by atoms with Gasteiger partial charge in [0.25, 0.3) is 0 Å². The number of carbonyl (C=O) groups is 1. The van der Waals surface area contributed by atoms with Crippen molar-refractivity contribution in [2.75, 3.05) is 46.9 Å². The van der Waals surface area contributed by atoms with Crippen LogP contribution in [0.25, 0.3) is 0 Å². The van der Waals surface area contributed by atoms with Gasteiger partial charge in [0, 0.05) is 39.4 Å². The Morgan fingerprint density at radius 3 is 2.50 bits per heavy atom. The maximum atomic E-state index is 13.3. The second-order valence-electron chi connectivity index (χ2n) is 9.63. The first kappa shape index (κ1) is 25.0. The summed E-state index contributed by atoms with van der Waals surface area (Å²) in [6, 6.07) is 18.6. The van der Waals surface area contributed by atoms with E-state index in [9.17, 15) is 9.00 Å². The van der Waals surface area contributed by atoms with Gasteiger partial charge in [-0.05, 0) is 56.5 Å². The minimum absolute atomic E-state index is 0.0607. The minimum atomic E-state index is -1.05. The zero-order valence-corrected chi connectivity index (χ0v) is 21.2. The summed E-state index contributed by atoms with van der Waals surface area (Å²) in [5.41, 5.74) is 2.78. The summed E-state index contributed by atoms with van der Waals surface area (Å²) in [6.45, 7) is 4.13. The highest BCUT2D eigenvalue weighted by Gasteiger charge is 2.41. The molecule has 2 aliphatic rings. The SMILES string of the molecule is CN(C)CCNC(=O)C1(c2ccc(CN3CCC[C@H](c4ccccc4)S3=O)cc2)CCOCC1. The molecule has 2 atom stereocenters. The summed E-state index contributed by atoms with van der Waals surface area (Å²) in [6.07, 6.45) is 3.38. The number of likely N-dealkylation sites (N-methyl/N-ethyl adjacent to an activating group) is 1. The van der Waals surface area contributed by atoms with Gasteiger partial charge < -0.3 is 15.0 Å². The standard InChI is InChI=1S/C27H37N3O3S/c1-29(2)18-16-28-26(31)27(14-19-33-20-15-27)24-12-10-22(11-13-24)21-30-17-6-9-25(34(30)32)23-7-4-3-5-8-23/h3-5,7-8,10-13,25H,6,9,14-21H2,1-2H3,(H,28,31)/t25-,34?/m1/s1. The van der Waals surface area contributed by atoms with Crippen molar-refractivity contribution < 1.29 is 13.7 Å². The molecular weight excluding hydrogens is 446 g/mol. The molecule has 2 aliphatic heterocycles. The van der Waals surface area contributed by atoms with Crippen LogP contribution in [0, 0.1) is 0 Å². The van der Waals surface area contributed by atoms with Crippen molar-refractivity contribution in [3.8, 4) is 0 Å². The summed E-state index contributed by atoms with van der Waals surface area (Å²) in [7, 11) is 2.96. The fourth-order valence-electron chi connectivity index (χ4n) is 4.98. The van der Waals surface area contributed by atoms with E-state index < -0.39 is 16.4 Å². The van der Waals surface area contributed by atoms with Crippen LogP contribution in [-0.2, 0) is 32.5 Å².